The van der Waals surface area contributed by atoms with Gasteiger partial charge in [0.1, 0.15) is 0 Å². The van der Waals surface area contributed by atoms with E-state index in [1.807, 2.05) is 0 Å². The number of ether oxygens (including phenoxy) is 1. The van der Waals surface area contributed by atoms with Crippen molar-refractivity contribution in [2.24, 2.45) is 35.5 Å². The van der Waals surface area contributed by atoms with Crippen LogP contribution in [-0.4, -0.2) is 41.1 Å². The summed E-state index contributed by atoms with van der Waals surface area (Å²) in [6, 6.07) is 6.43. The van der Waals surface area contributed by atoms with Crippen molar-refractivity contribution in [2.45, 2.75) is 25.9 Å². The molecule has 1 saturated heterocycles. The number of imide groups is 1. The van der Waals surface area contributed by atoms with Crippen LogP contribution in [0.4, 0.5) is 0 Å². The molecule has 6 nitrogen and oxygen atoms in total. The van der Waals surface area contributed by atoms with E-state index in [1.165, 1.54) is 17.9 Å². The fourth-order valence-electron chi connectivity index (χ4n) is 5.63. The lowest BCUT2D eigenvalue weighted by atomic mass is 9.63. The second kappa shape index (κ2) is 7.05. The number of hydrogen-bond donors (Lipinski definition) is 0. The van der Waals surface area contributed by atoms with Gasteiger partial charge in [-0.2, -0.15) is 0 Å². The molecule has 5 aliphatic rings. The largest absolute Gasteiger partial charge is 0.454 e. The Balaban J connectivity index is 1.19. The van der Waals surface area contributed by atoms with E-state index in [2.05, 4.69) is 12.2 Å². The Morgan fingerprint density at radius 2 is 1.77 bits per heavy atom. The maximum absolute atomic E-state index is 12.9. The van der Waals surface area contributed by atoms with E-state index in [-0.39, 0.29) is 54.2 Å². The minimum absolute atomic E-state index is 0.00362. The number of carbonyl (C=O) groups excluding carboxylic acids is 4. The number of carbonyl (C=O) groups is 4. The highest BCUT2D eigenvalue weighted by molar-refractivity contribution is 6.31. The van der Waals surface area contributed by atoms with E-state index in [0.29, 0.717) is 22.4 Å². The number of halogens is 1. The molecule has 2 amide bonds. The van der Waals surface area contributed by atoms with E-state index in [1.54, 1.807) is 18.2 Å². The zero-order valence-electron chi connectivity index (χ0n) is 16.5. The van der Waals surface area contributed by atoms with Gasteiger partial charge in [0.05, 0.1) is 18.3 Å². The van der Waals surface area contributed by atoms with Gasteiger partial charge in [-0.3, -0.25) is 24.1 Å². The van der Waals surface area contributed by atoms with Crippen molar-refractivity contribution in [3.63, 3.8) is 0 Å². The van der Waals surface area contributed by atoms with Crippen LogP contribution in [0, 0.1) is 35.5 Å². The number of hydrogen-bond acceptors (Lipinski definition) is 5. The lowest BCUT2D eigenvalue weighted by Gasteiger charge is -2.37. The quantitative estimate of drug-likeness (QED) is 0.302. The number of likely N-dealkylation sites (tertiary alicyclic amines) is 1. The van der Waals surface area contributed by atoms with Crippen molar-refractivity contribution >= 4 is 35.2 Å². The number of allylic oxidation sites excluding steroid dienone is 2. The van der Waals surface area contributed by atoms with Crippen LogP contribution < -0.4 is 0 Å². The molecule has 1 aromatic carbocycles. The van der Waals surface area contributed by atoms with Crippen LogP contribution in [0.2, 0.25) is 5.02 Å². The summed E-state index contributed by atoms with van der Waals surface area (Å²) in [6.45, 7) is 1.49. The molecule has 0 radical (unpaired) electrons. The van der Waals surface area contributed by atoms with E-state index in [0.717, 1.165) is 6.42 Å². The van der Waals surface area contributed by atoms with Crippen molar-refractivity contribution in [3.05, 3.63) is 47.0 Å². The minimum Gasteiger partial charge on any atom is -0.454 e. The summed E-state index contributed by atoms with van der Waals surface area (Å²) in [4.78, 5) is 51.8. The van der Waals surface area contributed by atoms with Gasteiger partial charge in [-0.1, -0.05) is 35.9 Å². The van der Waals surface area contributed by atoms with Gasteiger partial charge in [-0.15, -0.1) is 0 Å². The van der Waals surface area contributed by atoms with Crippen molar-refractivity contribution in [1.82, 2.24) is 4.90 Å². The molecule has 0 aromatic heterocycles. The van der Waals surface area contributed by atoms with Crippen molar-refractivity contribution < 1.29 is 23.9 Å². The first kappa shape index (κ1) is 19.5. The third-order valence-corrected chi connectivity index (χ3v) is 7.32. The predicted molar refractivity (Wildman–Crippen MR) is 107 cm³/mol. The molecule has 3 fully saturated rings. The number of esters is 1. The van der Waals surface area contributed by atoms with Gasteiger partial charge in [0.25, 0.3) is 0 Å². The third-order valence-electron chi connectivity index (χ3n) is 7.08. The zero-order chi connectivity index (χ0) is 21.2. The molecule has 4 aliphatic carbocycles. The standard InChI is InChI=1S/C23H22ClNO5/c1-11(21(27)12-3-2-4-13(24)9-12)30-18(26)7-8-25-22(28)19-14-5-6-15(17-10-16(14)17)20(19)23(25)29/h2-6,9,11,14-17,19-20H,7-8,10H2,1H3/t11-,14-,15-,16-,17-,19+,20+/m1/s1. The normalized spacial score (nSPS) is 33.9. The lowest BCUT2D eigenvalue weighted by Crippen LogP contribution is -2.40. The van der Waals surface area contributed by atoms with Gasteiger partial charge in [0, 0.05) is 17.1 Å². The summed E-state index contributed by atoms with van der Waals surface area (Å²) in [7, 11) is 0. The molecule has 7 atom stereocenters. The van der Waals surface area contributed by atoms with Crippen LogP contribution in [0.25, 0.3) is 0 Å². The smallest absolute Gasteiger partial charge is 0.308 e. The Morgan fingerprint density at radius 1 is 1.13 bits per heavy atom. The SMILES string of the molecule is C[C@@H](OC(=O)CCN1C(=O)[C@H]2[C@@H]3C=C[C@H]([C@H]4C[C@H]34)[C@@H]2C1=O)C(=O)c1cccc(Cl)c1. The maximum Gasteiger partial charge on any atom is 0.308 e. The summed E-state index contributed by atoms with van der Waals surface area (Å²) >= 11 is 5.90. The second-order valence-corrected chi connectivity index (χ2v) is 9.18. The number of Topliss-reactive ketones (excluding diaryl/α,β-unsaturated/α-hetero) is 1. The number of amides is 2. The molecule has 1 heterocycles. The lowest BCUT2D eigenvalue weighted by molar-refractivity contribution is -0.148. The van der Waals surface area contributed by atoms with Crippen LogP contribution in [0.15, 0.2) is 36.4 Å². The molecule has 2 saturated carbocycles. The predicted octanol–water partition coefficient (Wildman–Crippen LogP) is 2.90. The van der Waals surface area contributed by atoms with Crippen LogP contribution in [-0.2, 0) is 19.1 Å². The molecule has 0 N–H and O–H groups in total. The molecule has 2 bridgehead atoms. The van der Waals surface area contributed by atoms with Crippen LogP contribution in [0.3, 0.4) is 0 Å². The van der Waals surface area contributed by atoms with Gasteiger partial charge < -0.3 is 4.74 Å². The Labute approximate surface area is 179 Å². The summed E-state index contributed by atoms with van der Waals surface area (Å²) in [6.07, 6.45) is 4.24. The topological polar surface area (TPSA) is 80.8 Å². The highest BCUT2D eigenvalue weighted by Crippen LogP contribution is 2.65. The molecular formula is C23H22ClNO5. The average Bonchev–Trinajstić information content (AvgIpc) is 3.51. The van der Waals surface area contributed by atoms with Crippen molar-refractivity contribution in [3.8, 4) is 0 Å². The van der Waals surface area contributed by atoms with Crippen LogP contribution >= 0.6 is 11.6 Å². The van der Waals surface area contributed by atoms with Crippen LogP contribution in [0.1, 0.15) is 30.1 Å². The van der Waals surface area contributed by atoms with E-state index >= 15 is 0 Å². The fraction of sp³-hybridized carbons (Fsp3) is 0.478. The van der Waals surface area contributed by atoms with E-state index in [9.17, 15) is 19.2 Å². The first-order valence-electron chi connectivity index (χ1n) is 10.4. The highest BCUT2D eigenvalue weighted by atomic mass is 35.5. The number of nitrogens with zero attached hydrogens (tertiary/aromatic N) is 1. The summed E-state index contributed by atoms with van der Waals surface area (Å²) in [5.41, 5.74) is 0.360. The first-order chi connectivity index (χ1) is 14.4. The number of ketones is 1. The van der Waals surface area contributed by atoms with Gasteiger partial charge in [-0.05, 0) is 49.1 Å². The molecule has 0 unspecified atom stereocenters. The number of benzene rings is 1. The molecule has 1 aliphatic heterocycles. The summed E-state index contributed by atoms with van der Waals surface area (Å²) < 4.78 is 5.24. The Morgan fingerprint density at radius 3 is 2.37 bits per heavy atom. The van der Waals surface area contributed by atoms with Gasteiger partial charge in [0.2, 0.25) is 17.6 Å². The van der Waals surface area contributed by atoms with E-state index < -0.39 is 12.1 Å². The first-order valence-corrected chi connectivity index (χ1v) is 10.8. The van der Waals surface area contributed by atoms with Gasteiger partial charge in [-0.25, -0.2) is 0 Å². The Hall–Kier alpha value is -2.47. The maximum atomic E-state index is 12.9. The molecule has 6 rings (SSSR count). The van der Waals surface area contributed by atoms with Crippen LogP contribution in [0.5, 0.6) is 0 Å². The summed E-state index contributed by atoms with van der Waals surface area (Å²) in [5.74, 6) is -0.420. The van der Waals surface area contributed by atoms with Crippen molar-refractivity contribution in [1.29, 1.82) is 0 Å². The molecule has 7 heteroatoms. The highest BCUT2D eigenvalue weighted by Gasteiger charge is 2.66. The van der Waals surface area contributed by atoms with Gasteiger partial charge in [0.15, 0.2) is 6.10 Å². The van der Waals surface area contributed by atoms with Crippen molar-refractivity contribution in [2.75, 3.05) is 6.54 Å². The minimum atomic E-state index is -0.976. The average molecular weight is 428 g/mol. The molecular weight excluding hydrogens is 406 g/mol. The summed E-state index contributed by atoms with van der Waals surface area (Å²) in [5, 5.41) is 0.424. The number of rotatable bonds is 6. The van der Waals surface area contributed by atoms with Gasteiger partial charge >= 0.3 is 5.97 Å². The molecule has 0 spiro atoms. The Bertz CT molecular complexity index is 952. The zero-order valence-corrected chi connectivity index (χ0v) is 17.2. The monoisotopic (exact) mass is 427 g/mol. The molecule has 30 heavy (non-hydrogen) atoms. The van der Waals surface area contributed by atoms with E-state index in [4.69, 9.17) is 16.3 Å². The molecule has 156 valence electrons. The third kappa shape index (κ3) is 3.00. The fourth-order valence-corrected chi connectivity index (χ4v) is 5.82. The Kier molecular flexibility index (Phi) is 4.58. The second-order valence-electron chi connectivity index (χ2n) is 8.74. The molecule has 1 aromatic rings.